The highest BCUT2D eigenvalue weighted by Gasteiger charge is 2.33. The Kier molecular flexibility index (Phi) is 5.75. The van der Waals surface area contributed by atoms with E-state index in [-0.39, 0.29) is 29.7 Å². The van der Waals surface area contributed by atoms with Crippen LogP contribution >= 0.6 is 0 Å². The number of aromatic nitrogens is 3. The zero-order chi connectivity index (χ0) is 22.0. The van der Waals surface area contributed by atoms with E-state index in [0.29, 0.717) is 18.8 Å². The number of piperazine rings is 1. The number of para-hydroxylation sites is 1. The molecule has 1 fully saturated rings. The molecule has 3 aromatic rings. The number of amides is 1. The Bertz CT molecular complexity index is 1190. The Morgan fingerprint density at radius 2 is 1.81 bits per heavy atom. The van der Waals surface area contributed by atoms with Gasteiger partial charge in [-0.15, -0.1) is 0 Å². The van der Waals surface area contributed by atoms with E-state index in [2.05, 4.69) is 10.3 Å². The molecule has 3 heterocycles. The molecule has 0 unspecified atom stereocenters. The fourth-order valence-corrected chi connectivity index (χ4v) is 5.25. The van der Waals surface area contributed by atoms with Gasteiger partial charge in [0.15, 0.2) is 5.76 Å². The number of aryl methyl sites for hydroxylation is 2. The Morgan fingerprint density at radius 1 is 1.10 bits per heavy atom. The number of sulfonamides is 1. The molecule has 10 heteroatoms. The minimum absolute atomic E-state index is 0.114. The number of carbonyl (C=O) groups excluding carboxylic acids is 1. The molecule has 4 rings (SSSR count). The van der Waals surface area contributed by atoms with Gasteiger partial charge >= 0.3 is 0 Å². The van der Waals surface area contributed by atoms with Gasteiger partial charge in [0.05, 0.1) is 11.9 Å². The highest BCUT2D eigenvalue weighted by atomic mass is 32.2. The first kappa shape index (κ1) is 21.0. The number of rotatable bonds is 5. The lowest BCUT2D eigenvalue weighted by atomic mass is 10.3. The number of carbonyl (C=O) groups is 1. The SMILES string of the molecule is Cc1noc(C)c1S(=O)(=O)N1CCN(C(=O)/C=C/c2cnn(-c3ccccc3)c2)CC1. The summed E-state index contributed by atoms with van der Waals surface area (Å²) >= 11 is 0. The summed E-state index contributed by atoms with van der Waals surface area (Å²) in [5, 5.41) is 8.04. The number of hydrogen-bond acceptors (Lipinski definition) is 6. The van der Waals surface area contributed by atoms with E-state index in [1.165, 1.54) is 10.4 Å². The molecule has 162 valence electrons. The van der Waals surface area contributed by atoms with E-state index < -0.39 is 10.0 Å². The molecule has 1 amide bonds. The number of benzene rings is 1. The van der Waals surface area contributed by atoms with Gasteiger partial charge in [-0.05, 0) is 32.1 Å². The van der Waals surface area contributed by atoms with E-state index in [1.54, 1.807) is 35.7 Å². The molecule has 0 saturated carbocycles. The van der Waals surface area contributed by atoms with Crippen LogP contribution in [0, 0.1) is 13.8 Å². The third kappa shape index (κ3) is 4.30. The fourth-order valence-electron chi connectivity index (χ4n) is 3.54. The van der Waals surface area contributed by atoms with Gasteiger partial charge in [0.2, 0.25) is 15.9 Å². The molecule has 1 aromatic carbocycles. The van der Waals surface area contributed by atoms with Crippen LogP contribution in [0.25, 0.3) is 11.8 Å². The molecule has 0 N–H and O–H groups in total. The standard InChI is InChI=1S/C21H23N5O4S/c1-16-21(17(2)30-23-16)31(28,29)25-12-10-24(11-13-25)20(27)9-8-18-14-22-26(15-18)19-6-4-3-5-7-19/h3-9,14-15H,10-13H2,1-2H3/b9-8+. The maximum absolute atomic E-state index is 12.9. The zero-order valence-corrected chi connectivity index (χ0v) is 18.1. The molecule has 9 nitrogen and oxygen atoms in total. The highest BCUT2D eigenvalue weighted by molar-refractivity contribution is 7.89. The minimum atomic E-state index is -3.70. The summed E-state index contributed by atoms with van der Waals surface area (Å²) in [4.78, 5) is 14.3. The predicted octanol–water partition coefficient (Wildman–Crippen LogP) is 2.02. The van der Waals surface area contributed by atoms with Crippen LogP contribution in [0.15, 0.2) is 58.2 Å². The molecule has 0 atom stereocenters. The second kappa shape index (κ2) is 8.48. The van der Waals surface area contributed by atoms with E-state index >= 15 is 0 Å². The second-order valence-corrected chi connectivity index (χ2v) is 9.14. The largest absolute Gasteiger partial charge is 0.360 e. The van der Waals surface area contributed by atoms with Crippen LogP contribution in [0.4, 0.5) is 0 Å². The van der Waals surface area contributed by atoms with Crippen molar-refractivity contribution < 1.29 is 17.7 Å². The van der Waals surface area contributed by atoms with Crippen LogP contribution in [0.2, 0.25) is 0 Å². The van der Waals surface area contributed by atoms with Crippen molar-refractivity contribution in [1.29, 1.82) is 0 Å². The summed E-state index contributed by atoms with van der Waals surface area (Å²) < 4.78 is 33.9. The van der Waals surface area contributed by atoms with E-state index in [1.807, 2.05) is 36.5 Å². The molecule has 1 aliphatic heterocycles. The first-order valence-electron chi connectivity index (χ1n) is 9.86. The van der Waals surface area contributed by atoms with Crippen molar-refractivity contribution in [2.24, 2.45) is 0 Å². The molecular formula is C21H23N5O4S. The maximum atomic E-state index is 12.9. The van der Waals surface area contributed by atoms with Gasteiger partial charge in [0, 0.05) is 44.0 Å². The quantitative estimate of drug-likeness (QED) is 0.562. The molecule has 1 saturated heterocycles. The van der Waals surface area contributed by atoms with Crippen molar-refractivity contribution in [3.8, 4) is 5.69 Å². The Labute approximate surface area is 180 Å². The average Bonchev–Trinajstić information content (AvgIpc) is 3.39. The van der Waals surface area contributed by atoms with Crippen LogP contribution < -0.4 is 0 Å². The lowest BCUT2D eigenvalue weighted by Gasteiger charge is -2.33. The monoisotopic (exact) mass is 441 g/mol. The maximum Gasteiger partial charge on any atom is 0.248 e. The molecule has 0 aliphatic carbocycles. The van der Waals surface area contributed by atoms with Gasteiger partial charge in [-0.3, -0.25) is 4.79 Å². The first-order chi connectivity index (χ1) is 14.9. The van der Waals surface area contributed by atoms with Crippen molar-refractivity contribution in [2.45, 2.75) is 18.7 Å². The molecule has 0 bridgehead atoms. The van der Waals surface area contributed by atoms with Crippen LogP contribution in [0.5, 0.6) is 0 Å². The van der Waals surface area contributed by atoms with Crippen LogP contribution in [0.1, 0.15) is 17.0 Å². The lowest BCUT2D eigenvalue weighted by Crippen LogP contribution is -2.50. The fraction of sp³-hybridized carbons (Fsp3) is 0.286. The van der Waals surface area contributed by atoms with Crippen molar-refractivity contribution >= 4 is 22.0 Å². The Hall–Kier alpha value is -3.24. The summed E-state index contributed by atoms with van der Waals surface area (Å²) in [5.74, 6) is 0.108. The smallest absolute Gasteiger partial charge is 0.248 e. The summed E-state index contributed by atoms with van der Waals surface area (Å²) in [6.45, 7) is 4.26. The van der Waals surface area contributed by atoms with Gasteiger partial charge < -0.3 is 9.42 Å². The van der Waals surface area contributed by atoms with Crippen LogP contribution in [0.3, 0.4) is 0 Å². The van der Waals surface area contributed by atoms with E-state index in [4.69, 9.17) is 4.52 Å². The summed E-state index contributed by atoms with van der Waals surface area (Å²) in [6.07, 6.45) is 6.73. The van der Waals surface area contributed by atoms with Gasteiger partial charge in [-0.25, -0.2) is 13.1 Å². The van der Waals surface area contributed by atoms with Gasteiger partial charge in [0.25, 0.3) is 0 Å². The van der Waals surface area contributed by atoms with Crippen molar-refractivity contribution in [1.82, 2.24) is 24.1 Å². The third-order valence-corrected chi connectivity index (χ3v) is 7.30. The van der Waals surface area contributed by atoms with Crippen LogP contribution in [-0.2, 0) is 14.8 Å². The van der Waals surface area contributed by atoms with E-state index in [0.717, 1.165) is 11.3 Å². The second-order valence-electron chi connectivity index (χ2n) is 7.27. The molecule has 2 aromatic heterocycles. The van der Waals surface area contributed by atoms with Gasteiger partial charge in [-0.2, -0.15) is 9.40 Å². The Morgan fingerprint density at radius 3 is 2.45 bits per heavy atom. The third-order valence-electron chi connectivity index (χ3n) is 5.16. The molecule has 0 radical (unpaired) electrons. The number of nitrogens with zero attached hydrogens (tertiary/aromatic N) is 5. The predicted molar refractivity (Wildman–Crippen MR) is 114 cm³/mol. The van der Waals surface area contributed by atoms with Crippen molar-refractivity contribution in [3.05, 3.63) is 65.8 Å². The number of hydrogen-bond donors (Lipinski definition) is 0. The zero-order valence-electron chi connectivity index (χ0n) is 17.3. The highest BCUT2D eigenvalue weighted by Crippen LogP contribution is 2.24. The molecular weight excluding hydrogens is 418 g/mol. The van der Waals surface area contributed by atoms with Gasteiger partial charge in [-0.1, -0.05) is 23.4 Å². The van der Waals surface area contributed by atoms with Gasteiger partial charge in [0.1, 0.15) is 10.6 Å². The van der Waals surface area contributed by atoms with E-state index in [9.17, 15) is 13.2 Å². The summed E-state index contributed by atoms with van der Waals surface area (Å²) in [7, 11) is -3.70. The summed E-state index contributed by atoms with van der Waals surface area (Å²) in [5.41, 5.74) is 2.08. The Balaban J connectivity index is 1.37. The first-order valence-corrected chi connectivity index (χ1v) is 11.3. The topological polar surface area (TPSA) is 102 Å². The normalized spacial score (nSPS) is 15.6. The van der Waals surface area contributed by atoms with Crippen molar-refractivity contribution in [3.63, 3.8) is 0 Å². The molecule has 31 heavy (non-hydrogen) atoms. The lowest BCUT2D eigenvalue weighted by molar-refractivity contribution is -0.127. The molecule has 0 spiro atoms. The minimum Gasteiger partial charge on any atom is -0.360 e. The summed E-state index contributed by atoms with van der Waals surface area (Å²) in [6, 6.07) is 9.69. The van der Waals surface area contributed by atoms with Crippen LogP contribution in [-0.4, -0.2) is 64.6 Å². The average molecular weight is 442 g/mol. The molecule has 1 aliphatic rings. The van der Waals surface area contributed by atoms with Crippen molar-refractivity contribution in [2.75, 3.05) is 26.2 Å².